The van der Waals surface area contributed by atoms with Crippen molar-refractivity contribution in [1.82, 2.24) is 15.5 Å². The Kier molecular flexibility index (Phi) is 9.15. The van der Waals surface area contributed by atoms with Crippen molar-refractivity contribution in [3.63, 3.8) is 0 Å². The van der Waals surface area contributed by atoms with E-state index < -0.39 is 0 Å². The molecule has 2 fully saturated rings. The van der Waals surface area contributed by atoms with Crippen molar-refractivity contribution >= 4 is 52.9 Å². The molecule has 2 aliphatic rings. The van der Waals surface area contributed by atoms with Crippen molar-refractivity contribution < 1.29 is 4.79 Å². The number of nitrogens with one attached hydrogen (secondary N) is 2. The second-order valence-corrected chi connectivity index (χ2v) is 8.88. The number of rotatable bonds is 7. The van der Waals surface area contributed by atoms with Gasteiger partial charge < -0.3 is 15.5 Å². The number of amides is 1. The van der Waals surface area contributed by atoms with Gasteiger partial charge in [-0.2, -0.15) is 0 Å². The van der Waals surface area contributed by atoms with Crippen molar-refractivity contribution in [1.29, 1.82) is 0 Å². The van der Waals surface area contributed by atoms with E-state index in [1.807, 2.05) is 35.4 Å². The minimum absolute atomic E-state index is 0. The number of carbonyl (C=O) groups is 1. The first-order valence-corrected chi connectivity index (χ1v) is 11.7. The van der Waals surface area contributed by atoms with Crippen molar-refractivity contribution in [3.05, 3.63) is 52.2 Å². The molecule has 8 heteroatoms. The van der Waals surface area contributed by atoms with Crippen LogP contribution < -0.4 is 15.5 Å². The Hall–Kier alpha value is -1.65. The number of benzene rings is 1. The zero-order valence-corrected chi connectivity index (χ0v) is 21.2. The molecule has 2 N–H and O–H groups in total. The van der Waals surface area contributed by atoms with E-state index >= 15 is 0 Å². The highest BCUT2D eigenvalue weighted by atomic mass is 127. The minimum Gasteiger partial charge on any atom is -0.354 e. The van der Waals surface area contributed by atoms with Gasteiger partial charge in [0.1, 0.15) is 0 Å². The van der Waals surface area contributed by atoms with Gasteiger partial charge in [0.05, 0.1) is 6.04 Å². The normalized spacial score (nSPS) is 18.2. The van der Waals surface area contributed by atoms with Gasteiger partial charge in [-0.15, -0.1) is 35.3 Å². The highest BCUT2D eigenvalue weighted by molar-refractivity contribution is 14.0. The van der Waals surface area contributed by atoms with Gasteiger partial charge in [-0.25, -0.2) is 0 Å². The topological polar surface area (TPSA) is 60.0 Å². The lowest BCUT2D eigenvalue weighted by atomic mass is 10.2. The molecular weight excluding hydrogens is 521 g/mol. The SMILES string of the molecule is CN=C(NCc1ccc(N2CCCC2=O)cc1)NCC(c1cccs1)N1CCCC1.I. The number of likely N-dealkylation sites (tertiary alicyclic amines) is 1. The van der Waals surface area contributed by atoms with Gasteiger partial charge in [-0.3, -0.25) is 14.7 Å². The predicted octanol–water partition coefficient (Wildman–Crippen LogP) is 4.00. The summed E-state index contributed by atoms with van der Waals surface area (Å²) in [6.45, 7) is 4.71. The number of aliphatic imine (C=N–C) groups is 1. The van der Waals surface area contributed by atoms with E-state index in [0.29, 0.717) is 19.0 Å². The van der Waals surface area contributed by atoms with Crippen LogP contribution >= 0.6 is 35.3 Å². The van der Waals surface area contributed by atoms with Crippen LogP contribution in [0.5, 0.6) is 0 Å². The van der Waals surface area contributed by atoms with E-state index in [9.17, 15) is 4.79 Å². The van der Waals surface area contributed by atoms with Crippen LogP contribution in [-0.4, -0.2) is 50.0 Å². The zero-order chi connectivity index (χ0) is 20.8. The molecule has 1 aromatic carbocycles. The highest BCUT2D eigenvalue weighted by Gasteiger charge is 2.24. The van der Waals surface area contributed by atoms with E-state index in [1.165, 1.54) is 36.4 Å². The van der Waals surface area contributed by atoms with Gasteiger partial charge in [-0.1, -0.05) is 18.2 Å². The van der Waals surface area contributed by atoms with Gasteiger partial charge in [0, 0.05) is 43.7 Å². The zero-order valence-electron chi connectivity index (χ0n) is 18.0. The minimum atomic E-state index is 0. The van der Waals surface area contributed by atoms with Crippen molar-refractivity contribution in [2.75, 3.05) is 38.1 Å². The molecule has 168 valence electrons. The Morgan fingerprint density at radius 3 is 2.48 bits per heavy atom. The maximum absolute atomic E-state index is 11.9. The Morgan fingerprint density at radius 2 is 1.87 bits per heavy atom. The first-order valence-electron chi connectivity index (χ1n) is 10.9. The quantitative estimate of drug-likeness (QED) is 0.309. The van der Waals surface area contributed by atoms with Gasteiger partial charge >= 0.3 is 0 Å². The number of anilines is 1. The summed E-state index contributed by atoms with van der Waals surface area (Å²) in [6, 6.07) is 13.0. The Balaban J connectivity index is 0.00000272. The van der Waals surface area contributed by atoms with Crippen LogP contribution in [0, 0.1) is 0 Å². The molecule has 1 amide bonds. The third kappa shape index (κ3) is 6.20. The van der Waals surface area contributed by atoms with E-state index in [-0.39, 0.29) is 29.9 Å². The average Bonchev–Trinajstić information content (AvgIpc) is 3.54. The molecule has 0 radical (unpaired) electrons. The number of guanidine groups is 1. The summed E-state index contributed by atoms with van der Waals surface area (Å²) in [7, 11) is 1.81. The molecule has 2 aliphatic heterocycles. The molecule has 31 heavy (non-hydrogen) atoms. The molecule has 0 saturated carbocycles. The lowest BCUT2D eigenvalue weighted by Gasteiger charge is -2.27. The van der Waals surface area contributed by atoms with Gasteiger partial charge in [0.15, 0.2) is 5.96 Å². The van der Waals surface area contributed by atoms with Crippen LogP contribution in [0.3, 0.4) is 0 Å². The molecule has 1 aromatic heterocycles. The molecule has 6 nitrogen and oxygen atoms in total. The van der Waals surface area contributed by atoms with E-state index in [2.05, 4.69) is 50.2 Å². The number of carbonyl (C=O) groups excluding carboxylic acids is 1. The third-order valence-electron chi connectivity index (χ3n) is 5.92. The van der Waals surface area contributed by atoms with Crippen LogP contribution in [0.1, 0.15) is 42.2 Å². The standard InChI is InChI=1S/C23H31N5OS.HI/c1-24-23(26-17-20(21-6-5-15-30-21)27-12-2-3-13-27)25-16-18-8-10-19(11-9-18)28-14-4-7-22(28)29;/h5-6,8-11,15,20H,2-4,7,12-14,16-17H2,1H3,(H2,24,25,26);1H. The lowest BCUT2D eigenvalue weighted by Crippen LogP contribution is -2.42. The maximum Gasteiger partial charge on any atom is 0.227 e. The number of thiophene rings is 1. The van der Waals surface area contributed by atoms with Crippen molar-refractivity contribution in [2.24, 2.45) is 4.99 Å². The summed E-state index contributed by atoms with van der Waals surface area (Å²) in [5.74, 6) is 1.04. The summed E-state index contributed by atoms with van der Waals surface area (Å²) in [4.78, 5) is 22.2. The summed E-state index contributed by atoms with van der Waals surface area (Å²) in [5, 5.41) is 9.09. The average molecular weight is 554 g/mol. The Labute approximate surface area is 206 Å². The fourth-order valence-corrected chi connectivity index (χ4v) is 5.12. The van der Waals surface area contributed by atoms with E-state index in [4.69, 9.17) is 0 Å². The number of nitrogens with zero attached hydrogens (tertiary/aromatic N) is 3. The van der Waals surface area contributed by atoms with Crippen molar-refractivity contribution in [3.8, 4) is 0 Å². The van der Waals surface area contributed by atoms with Crippen LogP contribution in [0.15, 0.2) is 46.8 Å². The molecule has 0 spiro atoms. The fourth-order valence-electron chi connectivity index (χ4n) is 4.26. The van der Waals surface area contributed by atoms with Gasteiger partial charge in [0.25, 0.3) is 0 Å². The second-order valence-electron chi connectivity index (χ2n) is 7.90. The van der Waals surface area contributed by atoms with E-state index in [1.54, 1.807) is 0 Å². The van der Waals surface area contributed by atoms with Gasteiger partial charge in [-0.05, 0) is 61.5 Å². The smallest absolute Gasteiger partial charge is 0.227 e. The summed E-state index contributed by atoms with van der Waals surface area (Å²) >= 11 is 1.83. The molecule has 2 saturated heterocycles. The largest absolute Gasteiger partial charge is 0.354 e. The summed E-state index contributed by atoms with van der Waals surface area (Å²) in [6.07, 6.45) is 4.19. The first-order chi connectivity index (χ1) is 14.7. The highest BCUT2D eigenvalue weighted by Crippen LogP contribution is 2.27. The molecule has 2 aromatic rings. The third-order valence-corrected chi connectivity index (χ3v) is 6.89. The predicted molar refractivity (Wildman–Crippen MR) is 140 cm³/mol. The maximum atomic E-state index is 11.9. The van der Waals surface area contributed by atoms with Crippen molar-refractivity contribution in [2.45, 2.75) is 38.3 Å². The monoisotopic (exact) mass is 553 g/mol. The van der Waals surface area contributed by atoms with Gasteiger partial charge in [0.2, 0.25) is 5.91 Å². The fraction of sp³-hybridized carbons (Fsp3) is 0.478. The van der Waals surface area contributed by atoms with Crippen LogP contribution in [-0.2, 0) is 11.3 Å². The molecule has 0 bridgehead atoms. The molecule has 3 heterocycles. The summed E-state index contributed by atoms with van der Waals surface area (Å²) < 4.78 is 0. The first kappa shape index (κ1) is 24.0. The number of hydrogen-bond acceptors (Lipinski definition) is 4. The number of hydrogen-bond donors (Lipinski definition) is 2. The molecule has 1 atom stereocenters. The molecule has 1 unspecified atom stereocenters. The van der Waals surface area contributed by atoms with Crippen LogP contribution in [0.2, 0.25) is 0 Å². The Bertz CT molecular complexity index is 849. The Morgan fingerprint density at radius 1 is 1.10 bits per heavy atom. The van der Waals surface area contributed by atoms with Crippen LogP contribution in [0.4, 0.5) is 5.69 Å². The molecule has 0 aliphatic carbocycles. The van der Waals surface area contributed by atoms with Crippen LogP contribution in [0.25, 0.3) is 0 Å². The number of halogens is 1. The summed E-state index contributed by atoms with van der Waals surface area (Å²) in [5.41, 5.74) is 2.16. The molecule has 4 rings (SSSR count). The lowest BCUT2D eigenvalue weighted by molar-refractivity contribution is -0.117. The van der Waals surface area contributed by atoms with E-state index in [0.717, 1.165) is 31.2 Å². The molecular formula is C23H32IN5OS. The second kappa shape index (κ2) is 11.8.